The molecule has 0 N–H and O–H groups in total. The number of carbonyl (C=O) groups excluding carboxylic acids is 1. The Labute approximate surface area is 164 Å². The smallest absolute Gasteiger partial charge is 0.309 e. The molecule has 0 aromatic heterocycles. The molecule has 25 heavy (non-hydrogen) atoms. The molecule has 0 amide bonds. The Morgan fingerprint density at radius 3 is 2.24 bits per heavy atom. The Kier molecular flexibility index (Phi) is 6.90. The summed E-state index contributed by atoms with van der Waals surface area (Å²) in [6.07, 6.45) is 0.202. The fraction of sp³-hybridized carbons (Fsp3) is 0.316. The minimum absolute atomic E-state index is 0.202. The first-order chi connectivity index (χ1) is 11.8. The van der Waals surface area contributed by atoms with E-state index in [1.165, 1.54) is 7.11 Å². The molecule has 0 unspecified atom stereocenters. The summed E-state index contributed by atoms with van der Waals surface area (Å²) in [6, 6.07) is 9.45. The van der Waals surface area contributed by atoms with Crippen LogP contribution in [0.1, 0.15) is 30.9 Å². The number of methoxy groups -OCH3 is 2. The van der Waals surface area contributed by atoms with E-state index in [4.69, 9.17) is 14.2 Å². The molecular weight excluding hydrogens is 452 g/mol. The molecule has 0 spiro atoms. The first-order valence-electron chi connectivity index (χ1n) is 7.76. The third-order valence-corrected chi connectivity index (χ3v) is 4.86. The van der Waals surface area contributed by atoms with Crippen LogP contribution in [0.5, 0.6) is 17.2 Å². The zero-order chi connectivity index (χ0) is 18.6. The summed E-state index contributed by atoms with van der Waals surface area (Å²) in [5, 5.41) is 0. The maximum absolute atomic E-state index is 11.4. The monoisotopic (exact) mass is 470 g/mol. The van der Waals surface area contributed by atoms with Crippen molar-refractivity contribution in [1.82, 2.24) is 0 Å². The Balaban J connectivity index is 2.31. The number of hydrogen-bond acceptors (Lipinski definition) is 4. The molecule has 2 aromatic carbocycles. The highest BCUT2D eigenvalue weighted by molar-refractivity contribution is 9.11. The fourth-order valence-electron chi connectivity index (χ4n) is 2.40. The van der Waals surface area contributed by atoms with Crippen LogP contribution in [0.25, 0.3) is 0 Å². The molecule has 0 saturated carbocycles. The van der Waals surface area contributed by atoms with Crippen molar-refractivity contribution < 1.29 is 19.0 Å². The van der Waals surface area contributed by atoms with E-state index in [0.29, 0.717) is 17.4 Å². The molecule has 2 rings (SSSR count). The van der Waals surface area contributed by atoms with Crippen molar-refractivity contribution in [3.63, 3.8) is 0 Å². The average Bonchev–Trinajstić information content (AvgIpc) is 2.57. The van der Waals surface area contributed by atoms with Crippen molar-refractivity contribution >= 4 is 37.8 Å². The lowest BCUT2D eigenvalue weighted by atomic mass is 10.0. The van der Waals surface area contributed by atoms with Gasteiger partial charge in [-0.05, 0) is 73.7 Å². The first-order valence-corrected chi connectivity index (χ1v) is 9.34. The van der Waals surface area contributed by atoms with Gasteiger partial charge in [0, 0.05) is 5.56 Å². The van der Waals surface area contributed by atoms with Gasteiger partial charge in [0.25, 0.3) is 0 Å². The molecule has 2 aromatic rings. The zero-order valence-corrected chi connectivity index (χ0v) is 17.7. The van der Waals surface area contributed by atoms with Gasteiger partial charge in [0.1, 0.15) is 11.5 Å². The summed E-state index contributed by atoms with van der Waals surface area (Å²) < 4.78 is 17.7. The van der Waals surface area contributed by atoms with Crippen LogP contribution in [0.3, 0.4) is 0 Å². The van der Waals surface area contributed by atoms with Gasteiger partial charge in [0.15, 0.2) is 5.75 Å². The highest BCUT2D eigenvalue weighted by atomic mass is 79.9. The van der Waals surface area contributed by atoms with Crippen LogP contribution in [0.4, 0.5) is 0 Å². The highest BCUT2D eigenvalue weighted by Gasteiger charge is 2.14. The molecular formula is C19H20Br2O4. The van der Waals surface area contributed by atoms with Crippen LogP contribution < -0.4 is 9.47 Å². The highest BCUT2D eigenvalue weighted by Crippen LogP contribution is 2.39. The molecule has 0 radical (unpaired) electrons. The largest absolute Gasteiger partial charge is 0.496 e. The van der Waals surface area contributed by atoms with E-state index in [1.807, 2.05) is 30.3 Å². The molecule has 0 bridgehead atoms. The second-order valence-electron chi connectivity index (χ2n) is 5.80. The summed E-state index contributed by atoms with van der Waals surface area (Å²) in [5.41, 5.74) is 1.91. The molecule has 0 fully saturated rings. The maximum atomic E-state index is 11.4. The van der Waals surface area contributed by atoms with Crippen LogP contribution in [-0.4, -0.2) is 20.2 Å². The van der Waals surface area contributed by atoms with E-state index < -0.39 is 0 Å². The van der Waals surface area contributed by atoms with Gasteiger partial charge in [0.2, 0.25) is 0 Å². The number of halogens is 2. The summed E-state index contributed by atoms with van der Waals surface area (Å²) in [5.74, 6) is 2.23. The molecule has 0 aliphatic heterocycles. The van der Waals surface area contributed by atoms with Gasteiger partial charge in [0.05, 0.1) is 29.6 Å². The topological polar surface area (TPSA) is 44.8 Å². The van der Waals surface area contributed by atoms with E-state index >= 15 is 0 Å². The van der Waals surface area contributed by atoms with Crippen molar-refractivity contribution in [2.24, 2.45) is 0 Å². The van der Waals surface area contributed by atoms with E-state index in [1.54, 1.807) is 7.11 Å². The number of ether oxygens (including phenoxy) is 3. The molecule has 0 heterocycles. The van der Waals surface area contributed by atoms with Crippen molar-refractivity contribution in [1.29, 1.82) is 0 Å². The Hall–Kier alpha value is -1.53. The van der Waals surface area contributed by atoms with E-state index in [9.17, 15) is 4.79 Å². The SMILES string of the molecule is COC(=O)Cc1cc(Br)c(Oc2ccc(OC)c(C(C)C)c2)c(Br)c1. The van der Waals surface area contributed by atoms with Crippen molar-refractivity contribution in [3.05, 3.63) is 50.4 Å². The number of benzene rings is 2. The van der Waals surface area contributed by atoms with Gasteiger partial charge in [-0.3, -0.25) is 4.79 Å². The van der Waals surface area contributed by atoms with Crippen LogP contribution >= 0.6 is 31.9 Å². The molecule has 0 atom stereocenters. The van der Waals surface area contributed by atoms with E-state index in [2.05, 4.69) is 45.7 Å². The lowest BCUT2D eigenvalue weighted by Gasteiger charge is -2.16. The van der Waals surface area contributed by atoms with Crippen LogP contribution in [0.15, 0.2) is 39.3 Å². The van der Waals surface area contributed by atoms with Crippen LogP contribution in [0, 0.1) is 0 Å². The number of esters is 1. The van der Waals surface area contributed by atoms with E-state index in [0.717, 1.165) is 25.8 Å². The Morgan fingerprint density at radius 1 is 1.08 bits per heavy atom. The number of rotatable bonds is 6. The summed E-state index contributed by atoms with van der Waals surface area (Å²) in [6.45, 7) is 4.21. The third-order valence-electron chi connectivity index (χ3n) is 3.68. The molecule has 0 aliphatic carbocycles. The molecule has 4 nitrogen and oxygen atoms in total. The van der Waals surface area contributed by atoms with Gasteiger partial charge >= 0.3 is 5.97 Å². The first kappa shape index (κ1) is 19.8. The maximum Gasteiger partial charge on any atom is 0.309 e. The molecule has 0 aliphatic rings. The minimum atomic E-state index is -0.288. The second kappa shape index (κ2) is 8.72. The number of carbonyl (C=O) groups is 1. The zero-order valence-electron chi connectivity index (χ0n) is 14.6. The Morgan fingerprint density at radius 2 is 1.72 bits per heavy atom. The normalized spacial score (nSPS) is 10.7. The lowest BCUT2D eigenvalue weighted by Crippen LogP contribution is -2.04. The van der Waals surface area contributed by atoms with Crippen molar-refractivity contribution in [3.8, 4) is 17.2 Å². The third kappa shape index (κ3) is 4.98. The summed E-state index contributed by atoms with van der Waals surface area (Å²) in [4.78, 5) is 11.4. The molecule has 6 heteroatoms. The van der Waals surface area contributed by atoms with Crippen LogP contribution in [-0.2, 0) is 16.0 Å². The van der Waals surface area contributed by atoms with Gasteiger partial charge in [-0.25, -0.2) is 0 Å². The quantitative estimate of drug-likeness (QED) is 0.495. The molecule has 134 valence electrons. The van der Waals surface area contributed by atoms with E-state index in [-0.39, 0.29) is 12.4 Å². The standard InChI is InChI=1S/C19H20Br2O4/c1-11(2)14-10-13(5-6-17(14)23-3)25-19-15(20)7-12(8-16(19)21)9-18(22)24-4/h5-8,10-11H,9H2,1-4H3. The summed E-state index contributed by atoms with van der Waals surface area (Å²) in [7, 11) is 3.04. The van der Waals surface area contributed by atoms with Gasteiger partial charge < -0.3 is 14.2 Å². The van der Waals surface area contributed by atoms with Crippen LogP contribution in [0.2, 0.25) is 0 Å². The number of hydrogen-bond donors (Lipinski definition) is 0. The van der Waals surface area contributed by atoms with Gasteiger partial charge in [-0.15, -0.1) is 0 Å². The van der Waals surface area contributed by atoms with Crippen molar-refractivity contribution in [2.75, 3.05) is 14.2 Å². The second-order valence-corrected chi connectivity index (χ2v) is 7.51. The fourth-order valence-corrected chi connectivity index (χ4v) is 3.84. The van der Waals surface area contributed by atoms with Crippen molar-refractivity contribution in [2.45, 2.75) is 26.2 Å². The minimum Gasteiger partial charge on any atom is -0.496 e. The summed E-state index contributed by atoms with van der Waals surface area (Å²) >= 11 is 7.02. The average molecular weight is 472 g/mol. The predicted octanol–water partition coefficient (Wildman–Crippen LogP) is 5.85. The van der Waals surface area contributed by atoms with Gasteiger partial charge in [-0.1, -0.05) is 13.8 Å². The van der Waals surface area contributed by atoms with Gasteiger partial charge in [-0.2, -0.15) is 0 Å². The molecule has 0 saturated heterocycles. The lowest BCUT2D eigenvalue weighted by molar-refractivity contribution is -0.139. The predicted molar refractivity (Wildman–Crippen MR) is 105 cm³/mol. The Bertz CT molecular complexity index is 749.